The number of aromatic nitrogens is 1. The third-order valence-electron chi connectivity index (χ3n) is 4.27. The van der Waals surface area contributed by atoms with Gasteiger partial charge in [0.2, 0.25) is 0 Å². The summed E-state index contributed by atoms with van der Waals surface area (Å²) in [5.74, 6) is -0.435. The zero-order chi connectivity index (χ0) is 20.3. The van der Waals surface area contributed by atoms with Crippen molar-refractivity contribution < 1.29 is 22.7 Å². The molecule has 3 rings (SSSR count). The van der Waals surface area contributed by atoms with E-state index in [9.17, 15) is 23.2 Å². The van der Waals surface area contributed by atoms with Crippen molar-refractivity contribution in [3.05, 3.63) is 71.4 Å². The number of rotatable bonds is 4. The molecule has 3 aromatic rings. The number of hydrogen-bond acceptors (Lipinski definition) is 3. The number of carbonyl (C=O) groups is 1. The Bertz CT molecular complexity index is 1100. The lowest BCUT2D eigenvalue weighted by Crippen LogP contribution is -2.10. The largest absolute Gasteiger partial charge is 0.468 e. The zero-order valence-electron chi connectivity index (χ0n) is 14.8. The second-order valence-electron chi connectivity index (χ2n) is 6.05. The smallest absolute Gasteiger partial charge is 0.416 e. The Morgan fingerprint density at radius 1 is 1.21 bits per heavy atom. The van der Waals surface area contributed by atoms with E-state index < -0.39 is 17.7 Å². The van der Waals surface area contributed by atoms with Gasteiger partial charge in [0, 0.05) is 22.7 Å². The number of allylic oxidation sites excluding steroid dienone is 1. The van der Waals surface area contributed by atoms with Crippen molar-refractivity contribution in [2.24, 2.45) is 0 Å². The summed E-state index contributed by atoms with van der Waals surface area (Å²) in [6.07, 6.45) is -1.30. The number of carbonyl (C=O) groups excluding carboxylic acids is 1. The lowest BCUT2D eigenvalue weighted by atomic mass is 10.0. The van der Waals surface area contributed by atoms with Crippen LogP contribution in [0, 0.1) is 11.3 Å². The summed E-state index contributed by atoms with van der Waals surface area (Å²) in [6.45, 7) is -0.0176. The van der Waals surface area contributed by atoms with Crippen LogP contribution in [-0.2, 0) is 22.3 Å². The molecule has 0 amide bonds. The van der Waals surface area contributed by atoms with Gasteiger partial charge in [-0.2, -0.15) is 18.4 Å². The Balaban J connectivity index is 2.10. The average Bonchev–Trinajstić information content (AvgIpc) is 3.03. The van der Waals surface area contributed by atoms with E-state index in [0.717, 1.165) is 23.0 Å². The maximum absolute atomic E-state index is 13.0. The Morgan fingerprint density at radius 2 is 1.96 bits per heavy atom. The van der Waals surface area contributed by atoms with Gasteiger partial charge in [-0.25, -0.2) is 0 Å². The van der Waals surface area contributed by atoms with Crippen LogP contribution in [0.15, 0.2) is 54.7 Å². The molecule has 0 unspecified atom stereocenters. The van der Waals surface area contributed by atoms with E-state index in [1.165, 1.54) is 25.3 Å². The molecular formula is C21H15F3N2O2. The minimum absolute atomic E-state index is 0.0176. The van der Waals surface area contributed by atoms with Gasteiger partial charge in [0.05, 0.1) is 24.3 Å². The number of esters is 1. The second-order valence-corrected chi connectivity index (χ2v) is 6.05. The average molecular weight is 384 g/mol. The molecule has 0 N–H and O–H groups in total. The van der Waals surface area contributed by atoms with E-state index in [-0.39, 0.29) is 17.7 Å². The van der Waals surface area contributed by atoms with Gasteiger partial charge in [0.15, 0.2) is 0 Å². The van der Waals surface area contributed by atoms with Crippen LogP contribution >= 0.6 is 0 Å². The van der Waals surface area contributed by atoms with Crippen molar-refractivity contribution in [2.75, 3.05) is 7.11 Å². The van der Waals surface area contributed by atoms with Crippen molar-refractivity contribution in [1.29, 1.82) is 5.26 Å². The second kappa shape index (κ2) is 7.61. The van der Waals surface area contributed by atoms with Crippen LogP contribution in [0.4, 0.5) is 13.2 Å². The number of ether oxygens (including phenoxy) is 1. The molecule has 0 aliphatic heterocycles. The Morgan fingerprint density at radius 3 is 2.64 bits per heavy atom. The molecule has 0 saturated carbocycles. The third kappa shape index (κ3) is 3.91. The molecule has 0 aliphatic carbocycles. The molecule has 0 atom stereocenters. The molecule has 0 saturated heterocycles. The van der Waals surface area contributed by atoms with Gasteiger partial charge in [-0.1, -0.05) is 30.3 Å². The number of alkyl halides is 3. The van der Waals surface area contributed by atoms with Crippen molar-refractivity contribution in [3.63, 3.8) is 0 Å². The Hall–Kier alpha value is -3.53. The lowest BCUT2D eigenvalue weighted by molar-refractivity contribution is -0.141. The van der Waals surface area contributed by atoms with Crippen LogP contribution in [0.2, 0.25) is 0 Å². The number of fused-ring (bicyclic) bond motifs is 1. The number of nitrogens with zero attached hydrogens (tertiary/aromatic N) is 2. The van der Waals surface area contributed by atoms with E-state index in [2.05, 4.69) is 0 Å². The fourth-order valence-electron chi connectivity index (χ4n) is 2.92. The van der Waals surface area contributed by atoms with E-state index in [4.69, 9.17) is 4.74 Å². The van der Waals surface area contributed by atoms with Gasteiger partial charge in [-0.05, 0) is 29.8 Å². The van der Waals surface area contributed by atoms with Gasteiger partial charge >= 0.3 is 12.1 Å². The van der Waals surface area contributed by atoms with E-state index >= 15 is 0 Å². The van der Waals surface area contributed by atoms with Crippen LogP contribution in [0.25, 0.3) is 22.6 Å². The number of halogens is 3. The molecule has 1 heterocycles. The SMILES string of the molecule is COC(=O)Cn1cc(/C=C(/C#N)c2cccc(C(F)(F)F)c2)c2ccccc21. The summed E-state index contributed by atoms with van der Waals surface area (Å²) in [5.41, 5.74) is 0.808. The van der Waals surface area contributed by atoms with Gasteiger partial charge in [-0.15, -0.1) is 0 Å². The highest BCUT2D eigenvalue weighted by Crippen LogP contribution is 2.32. The molecule has 0 fully saturated rings. The molecule has 0 bridgehead atoms. The van der Waals surface area contributed by atoms with Gasteiger partial charge in [-0.3, -0.25) is 4.79 Å². The molecule has 1 aromatic heterocycles. The summed E-state index contributed by atoms with van der Waals surface area (Å²) in [6, 6.07) is 13.8. The molecular weight excluding hydrogens is 369 g/mol. The van der Waals surface area contributed by atoms with Crippen molar-refractivity contribution in [1.82, 2.24) is 4.57 Å². The minimum atomic E-state index is -4.49. The maximum Gasteiger partial charge on any atom is 0.416 e. The molecule has 0 spiro atoms. The summed E-state index contributed by atoms with van der Waals surface area (Å²) in [7, 11) is 1.29. The Labute approximate surface area is 159 Å². The van der Waals surface area contributed by atoms with E-state index in [0.29, 0.717) is 5.56 Å². The first kappa shape index (κ1) is 19.2. The first-order valence-electron chi connectivity index (χ1n) is 8.27. The summed E-state index contributed by atoms with van der Waals surface area (Å²) in [4.78, 5) is 11.6. The van der Waals surface area contributed by atoms with Crippen LogP contribution in [0.1, 0.15) is 16.7 Å². The normalized spacial score (nSPS) is 12.0. The minimum Gasteiger partial charge on any atom is -0.468 e. The summed E-state index contributed by atoms with van der Waals surface area (Å²) >= 11 is 0. The summed E-state index contributed by atoms with van der Waals surface area (Å²) < 4.78 is 45.3. The van der Waals surface area contributed by atoms with Crippen LogP contribution < -0.4 is 0 Å². The lowest BCUT2D eigenvalue weighted by Gasteiger charge is -2.08. The van der Waals surface area contributed by atoms with E-state index in [1.54, 1.807) is 16.8 Å². The first-order chi connectivity index (χ1) is 13.3. The highest BCUT2D eigenvalue weighted by Gasteiger charge is 2.30. The fraction of sp³-hybridized carbons (Fsp3) is 0.143. The zero-order valence-corrected chi connectivity index (χ0v) is 14.8. The first-order valence-corrected chi connectivity index (χ1v) is 8.27. The van der Waals surface area contributed by atoms with Crippen LogP contribution in [0.5, 0.6) is 0 Å². The number of para-hydroxylation sites is 1. The highest BCUT2D eigenvalue weighted by molar-refractivity contribution is 5.98. The fourth-order valence-corrected chi connectivity index (χ4v) is 2.92. The highest BCUT2D eigenvalue weighted by atomic mass is 19.4. The van der Waals surface area contributed by atoms with Crippen molar-refractivity contribution in [3.8, 4) is 6.07 Å². The topological polar surface area (TPSA) is 55.0 Å². The molecule has 0 aliphatic rings. The molecule has 142 valence electrons. The predicted molar refractivity (Wildman–Crippen MR) is 98.9 cm³/mol. The molecule has 2 aromatic carbocycles. The van der Waals surface area contributed by atoms with E-state index in [1.807, 2.05) is 24.3 Å². The standard InChI is InChI=1S/C21H15F3N2O2/c1-28-20(27)13-26-12-16(18-7-2-3-8-19(18)26)9-15(11-25)14-5-4-6-17(10-14)21(22,23)24/h2-10,12H,13H2,1H3/b15-9-. The Kier molecular flexibility index (Phi) is 5.23. The molecule has 4 nitrogen and oxygen atoms in total. The van der Waals surface area contributed by atoms with Gasteiger partial charge < -0.3 is 9.30 Å². The third-order valence-corrected chi connectivity index (χ3v) is 4.27. The number of benzene rings is 2. The molecule has 28 heavy (non-hydrogen) atoms. The van der Waals surface area contributed by atoms with Crippen LogP contribution in [-0.4, -0.2) is 17.6 Å². The molecule has 7 heteroatoms. The maximum atomic E-state index is 13.0. The molecule has 0 radical (unpaired) electrons. The van der Waals surface area contributed by atoms with Gasteiger partial charge in [0.25, 0.3) is 0 Å². The van der Waals surface area contributed by atoms with Gasteiger partial charge in [0.1, 0.15) is 6.54 Å². The van der Waals surface area contributed by atoms with Crippen LogP contribution in [0.3, 0.4) is 0 Å². The number of methoxy groups -OCH3 is 1. The number of hydrogen-bond donors (Lipinski definition) is 0. The van der Waals surface area contributed by atoms with Crippen molar-refractivity contribution >= 4 is 28.5 Å². The quantitative estimate of drug-likeness (QED) is 0.475. The number of nitriles is 1. The monoisotopic (exact) mass is 384 g/mol. The predicted octanol–water partition coefficient (Wildman–Crippen LogP) is 4.90. The van der Waals surface area contributed by atoms with Crippen molar-refractivity contribution in [2.45, 2.75) is 12.7 Å². The summed E-state index contributed by atoms with van der Waals surface area (Å²) in [5, 5.41) is 10.3.